The van der Waals surface area contributed by atoms with Gasteiger partial charge in [-0.05, 0) is 12.8 Å². The van der Waals surface area contributed by atoms with E-state index < -0.39 is 0 Å². The summed E-state index contributed by atoms with van der Waals surface area (Å²) < 4.78 is 2.42. The van der Waals surface area contributed by atoms with E-state index in [1.807, 2.05) is 0 Å². The minimum Gasteiger partial charge on any atom is -0.202 e. The zero-order chi connectivity index (χ0) is 11.9. The van der Waals surface area contributed by atoms with Gasteiger partial charge in [0.25, 0.3) is 0 Å². The average molecular weight is 228 g/mol. The molecule has 1 fully saturated rings. The van der Waals surface area contributed by atoms with E-state index in [4.69, 9.17) is 0 Å². The number of nitrogens with zero attached hydrogens (tertiary/aromatic N) is 1. The van der Waals surface area contributed by atoms with E-state index in [1.54, 1.807) is 11.3 Å². The molecule has 0 saturated heterocycles. The van der Waals surface area contributed by atoms with Crippen LogP contribution in [0.5, 0.6) is 0 Å². The molecular formula is C16H22N+. The van der Waals surface area contributed by atoms with Crippen molar-refractivity contribution in [3.63, 3.8) is 0 Å². The van der Waals surface area contributed by atoms with Crippen molar-refractivity contribution in [1.29, 1.82) is 0 Å². The van der Waals surface area contributed by atoms with Crippen LogP contribution in [0.1, 0.15) is 51.0 Å². The molecule has 1 spiro atoms. The monoisotopic (exact) mass is 228 g/mol. The van der Waals surface area contributed by atoms with Crippen molar-refractivity contribution in [2.75, 3.05) is 7.05 Å². The van der Waals surface area contributed by atoms with E-state index in [-0.39, 0.29) is 0 Å². The van der Waals surface area contributed by atoms with Gasteiger partial charge in [0.1, 0.15) is 7.05 Å². The molecule has 0 bridgehead atoms. The summed E-state index contributed by atoms with van der Waals surface area (Å²) in [5.41, 5.74) is 4.95. The molecule has 1 aromatic rings. The van der Waals surface area contributed by atoms with Crippen LogP contribution in [0.3, 0.4) is 0 Å². The number of benzene rings is 1. The largest absolute Gasteiger partial charge is 0.209 e. The smallest absolute Gasteiger partial charge is 0.202 e. The fraction of sp³-hybridized carbons (Fsp3) is 0.562. The van der Waals surface area contributed by atoms with Crippen molar-refractivity contribution in [3.8, 4) is 0 Å². The van der Waals surface area contributed by atoms with Gasteiger partial charge < -0.3 is 0 Å². The molecule has 1 aromatic carbocycles. The number of rotatable bonds is 0. The van der Waals surface area contributed by atoms with Gasteiger partial charge in [-0.2, -0.15) is 0 Å². The van der Waals surface area contributed by atoms with Crippen LogP contribution in [-0.2, 0) is 5.41 Å². The Morgan fingerprint density at radius 2 is 1.65 bits per heavy atom. The van der Waals surface area contributed by atoms with Crippen molar-refractivity contribution in [3.05, 3.63) is 29.8 Å². The van der Waals surface area contributed by atoms with Gasteiger partial charge in [0.2, 0.25) is 5.69 Å². The third-order valence-corrected chi connectivity index (χ3v) is 4.93. The molecule has 0 atom stereocenters. The number of fused-ring (bicyclic) bond motifs is 2. The van der Waals surface area contributed by atoms with Gasteiger partial charge in [0.15, 0.2) is 5.71 Å². The number of para-hydroxylation sites is 1. The maximum Gasteiger partial charge on any atom is 0.209 e. The lowest BCUT2D eigenvalue weighted by molar-refractivity contribution is -0.403. The first-order chi connectivity index (χ1) is 8.26. The molecule has 0 aromatic heterocycles. The molecule has 0 amide bonds. The molecular weight excluding hydrogens is 206 g/mol. The average Bonchev–Trinajstić information content (AvgIpc) is 2.57. The number of hydrogen-bond acceptors (Lipinski definition) is 0. The summed E-state index contributed by atoms with van der Waals surface area (Å²) in [6.07, 6.45) is 8.31. The van der Waals surface area contributed by atoms with Crippen LogP contribution in [0.25, 0.3) is 0 Å². The topological polar surface area (TPSA) is 3.01 Å². The highest BCUT2D eigenvalue weighted by atomic mass is 15.0. The van der Waals surface area contributed by atoms with Crippen LogP contribution in [0.15, 0.2) is 24.3 Å². The van der Waals surface area contributed by atoms with E-state index in [0.29, 0.717) is 5.41 Å². The maximum atomic E-state index is 2.42. The summed E-state index contributed by atoms with van der Waals surface area (Å²) in [5, 5.41) is 0. The molecule has 2 aliphatic rings. The van der Waals surface area contributed by atoms with E-state index in [9.17, 15) is 0 Å². The number of hydrogen-bond donors (Lipinski definition) is 0. The summed E-state index contributed by atoms with van der Waals surface area (Å²) in [4.78, 5) is 0. The third-order valence-electron chi connectivity index (χ3n) is 4.93. The molecule has 1 heterocycles. The maximum absolute atomic E-state index is 2.42. The van der Waals surface area contributed by atoms with Gasteiger partial charge in [-0.25, -0.2) is 4.58 Å². The SMILES string of the molecule is CC1=[N+](C)c2ccccc2C12CCCCCC2. The quantitative estimate of drug-likeness (QED) is 0.590. The summed E-state index contributed by atoms with van der Waals surface area (Å²) in [6, 6.07) is 9.00. The molecule has 1 saturated carbocycles. The van der Waals surface area contributed by atoms with Crippen LogP contribution >= 0.6 is 0 Å². The Labute approximate surface area is 104 Å². The van der Waals surface area contributed by atoms with Crippen molar-refractivity contribution in [2.45, 2.75) is 50.9 Å². The fourth-order valence-corrected chi connectivity index (χ4v) is 3.83. The van der Waals surface area contributed by atoms with Crippen molar-refractivity contribution in [2.24, 2.45) is 0 Å². The summed E-state index contributed by atoms with van der Waals surface area (Å²) in [6.45, 7) is 2.34. The lowest BCUT2D eigenvalue weighted by Crippen LogP contribution is -2.32. The second kappa shape index (κ2) is 3.97. The Bertz CT molecular complexity index is 462. The summed E-state index contributed by atoms with van der Waals surface area (Å²) >= 11 is 0. The highest BCUT2D eigenvalue weighted by molar-refractivity contribution is 5.94. The molecule has 17 heavy (non-hydrogen) atoms. The van der Waals surface area contributed by atoms with Crippen LogP contribution < -0.4 is 0 Å². The molecule has 1 heteroatoms. The Balaban J connectivity index is 2.16. The second-order valence-electron chi connectivity index (χ2n) is 5.66. The lowest BCUT2D eigenvalue weighted by Gasteiger charge is -2.25. The van der Waals surface area contributed by atoms with Gasteiger partial charge in [-0.3, -0.25) is 0 Å². The van der Waals surface area contributed by atoms with Crippen LogP contribution in [0, 0.1) is 0 Å². The zero-order valence-electron chi connectivity index (χ0n) is 11.0. The third kappa shape index (κ3) is 1.48. The van der Waals surface area contributed by atoms with Crippen LogP contribution in [0.4, 0.5) is 5.69 Å². The highest BCUT2D eigenvalue weighted by Crippen LogP contribution is 2.47. The molecule has 3 rings (SSSR count). The van der Waals surface area contributed by atoms with Gasteiger partial charge in [0, 0.05) is 18.6 Å². The molecule has 90 valence electrons. The Hall–Kier alpha value is -1.11. The van der Waals surface area contributed by atoms with Crippen molar-refractivity contribution >= 4 is 11.4 Å². The van der Waals surface area contributed by atoms with E-state index in [2.05, 4.69) is 42.8 Å². The first-order valence-corrected chi connectivity index (χ1v) is 6.93. The fourth-order valence-electron chi connectivity index (χ4n) is 3.83. The lowest BCUT2D eigenvalue weighted by atomic mass is 9.72. The molecule has 1 aliphatic heterocycles. The van der Waals surface area contributed by atoms with E-state index in [0.717, 1.165) is 0 Å². The standard InChI is InChI=1S/C16H22N/c1-13-16(11-7-3-4-8-12-16)14-9-5-6-10-15(14)17(13)2/h5-6,9-10H,3-4,7-8,11-12H2,1-2H3/q+1. The molecule has 1 nitrogen and oxygen atoms in total. The predicted molar refractivity (Wildman–Crippen MR) is 72.3 cm³/mol. The Kier molecular flexibility index (Phi) is 2.57. The molecule has 0 N–H and O–H groups in total. The predicted octanol–water partition coefficient (Wildman–Crippen LogP) is 4.03. The Morgan fingerprint density at radius 1 is 1.00 bits per heavy atom. The van der Waals surface area contributed by atoms with Crippen LogP contribution in [-0.4, -0.2) is 17.3 Å². The molecule has 0 unspecified atom stereocenters. The molecule has 1 aliphatic carbocycles. The zero-order valence-corrected chi connectivity index (χ0v) is 11.0. The Morgan fingerprint density at radius 3 is 2.35 bits per heavy atom. The van der Waals surface area contributed by atoms with Gasteiger partial charge in [0.05, 0.1) is 5.41 Å². The second-order valence-corrected chi connectivity index (χ2v) is 5.66. The van der Waals surface area contributed by atoms with E-state index in [1.165, 1.54) is 44.2 Å². The van der Waals surface area contributed by atoms with Crippen molar-refractivity contribution in [1.82, 2.24) is 0 Å². The first kappa shape index (κ1) is 11.0. The first-order valence-electron chi connectivity index (χ1n) is 6.93. The molecule has 0 radical (unpaired) electrons. The van der Waals surface area contributed by atoms with Gasteiger partial charge >= 0.3 is 0 Å². The highest BCUT2D eigenvalue weighted by Gasteiger charge is 2.48. The summed E-state index contributed by atoms with van der Waals surface area (Å²) in [7, 11) is 2.23. The van der Waals surface area contributed by atoms with Gasteiger partial charge in [-0.15, -0.1) is 0 Å². The minimum atomic E-state index is 0.363. The van der Waals surface area contributed by atoms with Crippen molar-refractivity contribution < 1.29 is 4.58 Å². The normalized spacial score (nSPS) is 22.7. The minimum absolute atomic E-state index is 0.363. The van der Waals surface area contributed by atoms with Crippen LogP contribution in [0.2, 0.25) is 0 Å². The van der Waals surface area contributed by atoms with Gasteiger partial charge in [-0.1, -0.05) is 43.9 Å². The summed E-state index contributed by atoms with van der Waals surface area (Å²) in [5.74, 6) is 0. The van der Waals surface area contributed by atoms with E-state index >= 15 is 0 Å².